The third-order valence-electron chi connectivity index (χ3n) is 2.86. The highest BCUT2D eigenvalue weighted by Crippen LogP contribution is 2.09. The van der Waals surface area contributed by atoms with E-state index in [-0.39, 0.29) is 0 Å². The number of hydrogen-bond acceptors (Lipinski definition) is 4. The molecule has 0 aliphatic heterocycles. The van der Waals surface area contributed by atoms with Gasteiger partial charge in [-0.2, -0.15) is 4.98 Å². The highest BCUT2D eigenvalue weighted by molar-refractivity contribution is 5.29. The van der Waals surface area contributed by atoms with Gasteiger partial charge < -0.3 is 10.1 Å². The summed E-state index contributed by atoms with van der Waals surface area (Å²) >= 11 is 0. The van der Waals surface area contributed by atoms with Crippen molar-refractivity contribution in [3.8, 4) is 5.88 Å². The van der Waals surface area contributed by atoms with E-state index in [2.05, 4.69) is 53.4 Å². The van der Waals surface area contributed by atoms with Crippen molar-refractivity contribution in [2.24, 2.45) is 0 Å². The summed E-state index contributed by atoms with van der Waals surface area (Å²) in [5.74, 6) is 1.24. The number of ether oxygens (including phenoxy) is 1. The zero-order valence-corrected chi connectivity index (χ0v) is 12.1. The van der Waals surface area contributed by atoms with Gasteiger partial charge in [0.1, 0.15) is 0 Å². The second kappa shape index (κ2) is 7.48. The first-order valence-electron chi connectivity index (χ1n) is 7.03. The fourth-order valence-corrected chi connectivity index (χ4v) is 1.90. The molecule has 2 rings (SSSR count). The fraction of sp³-hybridized carbons (Fsp3) is 0.375. The highest BCUT2D eigenvalue weighted by atomic mass is 16.5. The standard InChI is InChI=1S/C16H21N3O/c1-3-11-20-15-8-10-18-16(19-15)17-9-7-14-6-4-5-13(2)12-14/h4-6,8,10,12H,3,7,9,11H2,1-2H3,(H,17,18,19). The third kappa shape index (κ3) is 4.53. The lowest BCUT2D eigenvalue weighted by Crippen LogP contribution is -2.08. The summed E-state index contributed by atoms with van der Waals surface area (Å²) in [4.78, 5) is 8.51. The minimum atomic E-state index is 0.617. The van der Waals surface area contributed by atoms with Crippen LogP contribution in [0, 0.1) is 6.92 Å². The quantitative estimate of drug-likeness (QED) is 0.840. The summed E-state index contributed by atoms with van der Waals surface area (Å²) in [5, 5.41) is 3.23. The zero-order chi connectivity index (χ0) is 14.2. The summed E-state index contributed by atoms with van der Waals surface area (Å²) in [7, 11) is 0. The maximum absolute atomic E-state index is 5.49. The van der Waals surface area contributed by atoms with Crippen LogP contribution in [-0.4, -0.2) is 23.1 Å². The number of aromatic nitrogens is 2. The van der Waals surface area contributed by atoms with Gasteiger partial charge >= 0.3 is 0 Å². The normalized spacial score (nSPS) is 10.3. The van der Waals surface area contributed by atoms with Gasteiger partial charge in [-0.1, -0.05) is 36.8 Å². The number of nitrogens with zero attached hydrogens (tertiary/aromatic N) is 2. The Morgan fingerprint density at radius 3 is 2.95 bits per heavy atom. The SMILES string of the molecule is CCCOc1ccnc(NCCc2cccc(C)c2)n1. The van der Waals surface area contributed by atoms with Crippen LogP contribution >= 0.6 is 0 Å². The van der Waals surface area contributed by atoms with E-state index in [1.807, 2.05) is 0 Å². The van der Waals surface area contributed by atoms with Crippen molar-refractivity contribution >= 4 is 5.95 Å². The van der Waals surface area contributed by atoms with Crippen molar-refractivity contribution in [2.45, 2.75) is 26.7 Å². The van der Waals surface area contributed by atoms with E-state index in [1.54, 1.807) is 12.3 Å². The van der Waals surface area contributed by atoms with Gasteiger partial charge in [-0.3, -0.25) is 0 Å². The van der Waals surface area contributed by atoms with E-state index in [0.29, 0.717) is 18.4 Å². The molecular weight excluding hydrogens is 250 g/mol. The lowest BCUT2D eigenvalue weighted by Gasteiger charge is -2.07. The Morgan fingerprint density at radius 1 is 1.25 bits per heavy atom. The van der Waals surface area contributed by atoms with Crippen molar-refractivity contribution in [1.82, 2.24) is 9.97 Å². The van der Waals surface area contributed by atoms with Crippen LogP contribution in [0.3, 0.4) is 0 Å². The van der Waals surface area contributed by atoms with E-state index < -0.39 is 0 Å². The van der Waals surface area contributed by atoms with Crippen LogP contribution in [0.2, 0.25) is 0 Å². The molecule has 106 valence electrons. The first kappa shape index (κ1) is 14.3. The maximum atomic E-state index is 5.49. The van der Waals surface area contributed by atoms with Crippen LogP contribution in [0.15, 0.2) is 36.5 Å². The lowest BCUT2D eigenvalue weighted by molar-refractivity contribution is 0.305. The molecule has 4 heteroatoms. The molecule has 0 aliphatic carbocycles. The summed E-state index contributed by atoms with van der Waals surface area (Å²) < 4.78 is 5.49. The lowest BCUT2D eigenvalue weighted by atomic mass is 10.1. The average molecular weight is 271 g/mol. The molecular formula is C16H21N3O. The molecule has 2 aromatic rings. The van der Waals surface area contributed by atoms with Crippen LogP contribution in [0.4, 0.5) is 5.95 Å². The number of rotatable bonds is 7. The Kier molecular flexibility index (Phi) is 5.35. The van der Waals surface area contributed by atoms with Gasteiger partial charge in [-0.05, 0) is 25.3 Å². The second-order valence-electron chi connectivity index (χ2n) is 4.73. The molecule has 0 saturated heterocycles. The Hall–Kier alpha value is -2.10. The Bertz CT molecular complexity index is 543. The molecule has 1 N–H and O–H groups in total. The first-order valence-corrected chi connectivity index (χ1v) is 7.03. The summed E-state index contributed by atoms with van der Waals surface area (Å²) in [6, 6.07) is 10.3. The molecule has 0 spiro atoms. The second-order valence-corrected chi connectivity index (χ2v) is 4.73. The van der Waals surface area contributed by atoms with Gasteiger partial charge in [0.25, 0.3) is 0 Å². The van der Waals surface area contributed by atoms with Gasteiger partial charge in [0.05, 0.1) is 6.61 Å². The fourth-order valence-electron chi connectivity index (χ4n) is 1.90. The van der Waals surface area contributed by atoms with Crippen LogP contribution in [-0.2, 0) is 6.42 Å². The molecule has 0 atom stereocenters. The summed E-state index contributed by atoms with van der Waals surface area (Å²) in [5.41, 5.74) is 2.60. The van der Waals surface area contributed by atoms with Gasteiger partial charge in [-0.15, -0.1) is 0 Å². The first-order chi connectivity index (χ1) is 9.78. The van der Waals surface area contributed by atoms with Crippen molar-refractivity contribution in [2.75, 3.05) is 18.5 Å². The molecule has 0 saturated carbocycles. The number of hydrogen-bond donors (Lipinski definition) is 1. The van der Waals surface area contributed by atoms with Crippen LogP contribution in [0.25, 0.3) is 0 Å². The van der Waals surface area contributed by atoms with E-state index in [4.69, 9.17) is 4.74 Å². The minimum Gasteiger partial charge on any atom is -0.478 e. The highest BCUT2D eigenvalue weighted by Gasteiger charge is 2.00. The topological polar surface area (TPSA) is 47.0 Å². The van der Waals surface area contributed by atoms with E-state index in [9.17, 15) is 0 Å². The summed E-state index contributed by atoms with van der Waals surface area (Å²) in [6.07, 6.45) is 3.64. The Morgan fingerprint density at radius 2 is 2.15 bits per heavy atom. The maximum Gasteiger partial charge on any atom is 0.225 e. The number of anilines is 1. The zero-order valence-electron chi connectivity index (χ0n) is 12.1. The molecule has 0 bridgehead atoms. The van der Waals surface area contributed by atoms with Gasteiger partial charge in [0.2, 0.25) is 11.8 Å². The minimum absolute atomic E-state index is 0.617. The van der Waals surface area contributed by atoms with E-state index in [0.717, 1.165) is 19.4 Å². The number of aryl methyl sites for hydroxylation is 1. The van der Waals surface area contributed by atoms with Gasteiger partial charge in [0, 0.05) is 18.8 Å². The molecule has 0 amide bonds. The van der Waals surface area contributed by atoms with Crippen LogP contribution in [0.5, 0.6) is 5.88 Å². The van der Waals surface area contributed by atoms with Crippen molar-refractivity contribution < 1.29 is 4.74 Å². The van der Waals surface area contributed by atoms with Gasteiger partial charge in [0.15, 0.2) is 0 Å². The molecule has 20 heavy (non-hydrogen) atoms. The number of nitrogens with one attached hydrogen (secondary N) is 1. The molecule has 1 heterocycles. The molecule has 0 fully saturated rings. The molecule has 0 aliphatic rings. The Labute approximate surface area is 120 Å². The largest absolute Gasteiger partial charge is 0.478 e. The Balaban J connectivity index is 1.84. The van der Waals surface area contributed by atoms with Crippen molar-refractivity contribution in [3.05, 3.63) is 47.7 Å². The molecule has 0 unspecified atom stereocenters. The van der Waals surface area contributed by atoms with Crippen LogP contribution < -0.4 is 10.1 Å². The predicted octanol–water partition coefficient (Wildman–Crippen LogP) is 3.23. The third-order valence-corrected chi connectivity index (χ3v) is 2.86. The van der Waals surface area contributed by atoms with E-state index >= 15 is 0 Å². The molecule has 0 radical (unpaired) electrons. The molecule has 1 aromatic carbocycles. The molecule has 1 aromatic heterocycles. The van der Waals surface area contributed by atoms with Crippen LogP contribution in [0.1, 0.15) is 24.5 Å². The average Bonchev–Trinajstić information content (AvgIpc) is 2.46. The smallest absolute Gasteiger partial charge is 0.225 e. The van der Waals surface area contributed by atoms with Crippen molar-refractivity contribution in [1.29, 1.82) is 0 Å². The summed E-state index contributed by atoms with van der Waals surface area (Å²) in [6.45, 7) is 5.66. The molecule has 4 nitrogen and oxygen atoms in total. The number of benzene rings is 1. The monoisotopic (exact) mass is 271 g/mol. The predicted molar refractivity (Wildman–Crippen MR) is 81.2 cm³/mol. The van der Waals surface area contributed by atoms with Gasteiger partial charge in [-0.25, -0.2) is 4.98 Å². The van der Waals surface area contributed by atoms with Crippen molar-refractivity contribution in [3.63, 3.8) is 0 Å². The van der Waals surface area contributed by atoms with E-state index in [1.165, 1.54) is 11.1 Å².